The van der Waals surface area contributed by atoms with Gasteiger partial charge in [-0.25, -0.2) is 18.7 Å². The van der Waals surface area contributed by atoms with Gasteiger partial charge in [0.25, 0.3) is 0 Å². The van der Waals surface area contributed by atoms with Crippen molar-refractivity contribution >= 4 is 29.0 Å². The molecule has 2 unspecified atom stereocenters. The molecule has 1 aliphatic heterocycles. The number of aromatic nitrogens is 2. The maximum absolute atomic E-state index is 13.3. The highest BCUT2D eigenvalue weighted by atomic mass is 19.3. The predicted octanol–water partition coefficient (Wildman–Crippen LogP) is 3.21. The van der Waals surface area contributed by atoms with Crippen LogP contribution in [0.15, 0.2) is 36.7 Å². The van der Waals surface area contributed by atoms with Crippen molar-refractivity contribution in [2.24, 2.45) is 11.8 Å². The molecule has 2 heterocycles. The first-order valence-electron chi connectivity index (χ1n) is 13.4. The number of ketones is 1. The van der Waals surface area contributed by atoms with Gasteiger partial charge in [-0.15, -0.1) is 0 Å². The number of nitrogens with zero attached hydrogens (tertiary/aromatic N) is 3. The lowest BCUT2D eigenvalue weighted by Gasteiger charge is -2.35. The van der Waals surface area contributed by atoms with Gasteiger partial charge < -0.3 is 20.3 Å². The third-order valence-corrected chi connectivity index (χ3v) is 7.36. The number of nitrogens with one attached hydrogen (secondary N) is 3. The van der Waals surface area contributed by atoms with E-state index < -0.39 is 17.7 Å². The maximum Gasteiger partial charge on any atom is 0.248 e. The number of carbonyl (C=O) groups is 3. The topological polar surface area (TPSA) is 137 Å². The first-order valence-corrected chi connectivity index (χ1v) is 13.4. The molecular formula is C28H34F2N6O4. The maximum atomic E-state index is 13.3. The number of hydrogen-bond donors (Lipinski definition) is 3. The van der Waals surface area contributed by atoms with Gasteiger partial charge in [-0.3, -0.25) is 19.8 Å². The van der Waals surface area contributed by atoms with Crippen LogP contribution in [-0.2, 0) is 21.0 Å². The first-order chi connectivity index (χ1) is 19.1. The predicted molar refractivity (Wildman–Crippen MR) is 143 cm³/mol. The normalized spacial score (nSPS) is 19.9. The molecule has 1 saturated heterocycles. The quantitative estimate of drug-likeness (QED) is 0.342. The zero-order valence-electron chi connectivity index (χ0n) is 22.6. The average Bonchev–Trinajstić information content (AvgIpc) is 3.37. The number of hydrogen-bond acceptors (Lipinski definition) is 8. The molecule has 40 heavy (non-hydrogen) atoms. The van der Waals surface area contributed by atoms with Gasteiger partial charge in [0.1, 0.15) is 24.1 Å². The summed E-state index contributed by atoms with van der Waals surface area (Å²) in [6.45, 7) is 3.80. The van der Waals surface area contributed by atoms with E-state index in [4.69, 9.17) is 10.1 Å². The van der Waals surface area contributed by atoms with Crippen LogP contribution in [0.1, 0.15) is 50.9 Å². The summed E-state index contributed by atoms with van der Waals surface area (Å²) >= 11 is 0. The highest BCUT2D eigenvalue weighted by molar-refractivity contribution is 6.45. The number of carbonyl (C=O) groups excluding carboxylic acids is 3. The van der Waals surface area contributed by atoms with E-state index >= 15 is 0 Å². The Balaban J connectivity index is 1.40. The summed E-state index contributed by atoms with van der Waals surface area (Å²) < 4.78 is 32.0. The molecule has 4 rings (SSSR count). The number of alkyl halides is 2. The van der Waals surface area contributed by atoms with Gasteiger partial charge in [0, 0.05) is 56.5 Å². The second kappa shape index (κ2) is 12.5. The minimum absolute atomic E-state index is 0.0964. The van der Waals surface area contributed by atoms with Crippen LogP contribution in [0.2, 0.25) is 0 Å². The van der Waals surface area contributed by atoms with Crippen LogP contribution in [-0.4, -0.2) is 69.8 Å². The molecule has 214 valence electrons. The Kier molecular flexibility index (Phi) is 9.06. The smallest absolute Gasteiger partial charge is 0.248 e. The Morgan fingerprint density at radius 3 is 2.55 bits per heavy atom. The van der Waals surface area contributed by atoms with Gasteiger partial charge in [-0.05, 0) is 42.5 Å². The highest BCUT2D eigenvalue weighted by Crippen LogP contribution is 2.42. The lowest BCUT2D eigenvalue weighted by Crippen LogP contribution is -2.50. The van der Waals surface area contributed by atoms with E-state index in [0.29, 0.717) is 30.2 Å². The van der Waals surface area contributed by atoms with Crippen molar-refractivity contribution in [3.05, 3.63) is 48.0 Å². The van der Waals surface area contributed by atoms with E-state index in [1.165, 1.54) is 11.8 Å². The van der Waals surface area contributed by atoms with E-state index in [1.807, 2.05) is 6.92 Å². The van der Waals surface area contributed by atoms with Crippen molar-refractivity contribution in [2.75, 3.05) is 25.0 Å². The van der Waals surface area contributed by atoms with E-state index in [9.17, 15) is 23.2 Å². The summed E-state index contributed by atoms with van der Waals surface area (Å²) in [6, 6.07) is 5.83. The fraction of sp³-hybridized carbons (Fsp3) is 0.500. The molecule has 2 aliphatic rings. The molecule has 0 bridgehead atoms. The third kappa shape index (κ3) is 7.16. The lowest BCUT2D eigenvalue weighted by atomic mass is 9.81. The molecule has 0 spiro atoms. The van der Waals surface area contributed by atoms with E-state index in [1.54, 1.807) is 36.7 Å². The molecule has 2 amide bonds. The van der Waals surface area contributed by atoms with Crippen molar-refractivity contribution in [1.29, 1.82) is 5.41 Å². The van der Waals surface area contributed by atoms with E-state index in [-0.39, 0.29) is 67.5 Å². The Hall–Kier alpha value is -3.96. The number of benzene rings is 1. The minimum Gasteiger partial charge on any atom is -0.486 e. The molecule has 1 aromatic carbocycles. The number of rotatable bonds is 12. The van der Waals surface area contributed by atoms with Crippen LogP contribution >= 0.6 is 0 Å². The molecule has 2 atom stereocenters. The van der Waals surface area contributed by atoms with Crippen LogP contribution in [0.4, 0.5) is 14.5 Å². The summed E-state index contributed by atoms with van der Waals surface area (Å²) in [6.07, 6.45) is 4.03. The molecule has 10 nitrogen and oxygen atoms in total. The van der Waals surface area contributed by atoms with Crippen LogP contribution in [0, 0.1) is 17.2 Å². The fourth-order valence-corrected chi connectivity index (χ4v) is 5.02. The Labute approximate surface area is 231 Å². The summed E-state index contributed by atoms with van der Waals surface area (Å²) in [5, 5.41) is 14.0. The summed E-state index contributed by atoms with van der Waals surface area (Å²) in [5.41, 5.74) is 0.420. The van der Waals surface area contributed by atoms with Crippen molar-refractivity contribution < 1.29 is 27.9 Å². The number of anilines is 1. The van der Waals surface area contributed by atoms with Crippen LogP contribution < -0.4 is 15.4 Å². The summed E-state index contributed by atoms with van der Waals surface area (Å²) in [4.78, 5) is 47.9. The standard InChI is InChI=1S/C28H34F2N6O4/c1-3-18-9-23(27(39)35-13-19-11-28(29,30)12-19)36(15-18)25(38)14-34-22-6-5-20(10-21(22)26(31)17(2)37)40-16-24-32-7-4-8-33-24/h4-8,10,18-19,23,31,34H,3,9,11-16H2,1-2H3,(H,35,39). The van der Waals surface area contributed by atoms with Gasteiger partial charge in [0.2, 0.25) is 17.7 Å². The molecule has 1 saturated carbocycles. The average molecular weight is 557 g/mol. The Morgan fingerprint density at radius 1 is 1.18 bits per heavy atom. The third-order valence-electron chi connectivity index (χ3n) is 7.36. The number of amides is 2. The fourth-order valence-electron chi connectivity index (χ4n) is 5.02. The number of halogens is 2. The second-order valence-electron chi connectivity index (χ2n) is 10.4. The number of likely N-dealkylation sites (tertiary alicyclic amines) is 1. The van der Waals surface area contributed by atoms with Crippen molar-refractivity contribution in [1.82, 2.24) is 20.2 Å². The minimum atomic E-state index is -2.65. The largest absolute Gasteiger partial charge is 0.486 e. The molecule has 2 aromatic rings. The van der Waals surface area contributed by atoms with Crippen molar-refractivity contribution in [3.63, 3.8) is 0 Å². The van der Waals surface area contributed by atoms with E-state index in [2.05, 4.69) is 20.6 Å². The second-order valence-corrected chi connectivity index (χ2v) is 10.4. The van der Waals surface area contributed by atoms with Gasteiger partial charge in [-0.2, -0.15) is 0 Å². The van der Waals surface area contributed by atoms with Gasteiger partial charge in [-0.1, -0.05) is 13.3 Å². The highest BCUT2D eigenvalue weighted by Gasteiger charge is 2.45. The summed E-state index contributed by atoms with van der Waals surface area (Å²) in [5.74, 6) is -2.98. The molecular weight excluding hydrogens is 522 g/mol. The molecule has 3 N–H and O–H groups in total. The SMILES string of the molecule is CCC1CC(C(=O)NCC2CC(F)(F)C2)N(C(=O)CNc2ccc(OCc3ncccn3)cc2C(=N)C(C)=O)C1. The van der Waals surface area contributed by atoms with Gasteiger partial charge in [0.15, 0.2) is 11.6 Å². The zero-order valence-corrected chi connectivity index (χ0v) is 22.6. The van der Waals surface area contributed by atoms with Gasteiger partial charge in [0.05, 0.1) is 6.54 Å². The molecule has 1 aliphatic carbocycles. The van der Waals surface area contributed by atoms with Crippen molar-refractivity contribution in [2.45, 2.75) is 58.1 Å². The van der Waals surface area contributed by atoms with Crippen molar-refractivity contribution in [3.8, 4) is 5.75 Å². The van der Waals surface area contributed by atoms with Gasteiger partial charge >= 0.3 is 0 Å². The Bertz CT molecular complexity index is 1250. The van der Waals surface area contributed by atoms with Crippen LogP contribution in [0.25, 0.3) is 0 Å². The van der Waals surface area contributed by atoms with Crippen LogP contribution in [0.3, 0.4) is 0 Å². The molecule has 12 heteroatoms. The molecule has 2 fully saturated rings. The Morgan fingerprint density at radius 2 is 1.90 bits per heavy atom. The summed E-state index contributed by atoms with van der Waals surface area (Å²) in [7, 11) is 0. The van der Waals surface area contributed by atoms with Crippen LogP contribution in [0.5, 0.6) is 5.75 Å². The molecule has 0 radical (unpaired) electrons. The number of Topliss-reactive ketones (excluding diaryl/α,β-unsaturated/α-hetero) is 1. The van der Waals surface area contributed by atoms with E-state index in [0.717, 1.165) is 6.42 Å². The lowest BCUT2D eigenvalue weighted by molar-refractivity contribution is -0.138. The molecule has 1 aromatic heterocycles. The monoisotopic (exact) mass is 556 g/mol. The first kappa shape index (κ1) is 29.0. The zero-order chi connectivity index (χ0) is 28.9. The number of ether oxygens (including phenoxy) is 1.